The number of nitrogens with one attached hydrogen (secondary N) is 2. The zero-order valence-electron chi connectivity index (χ0n) is 15.8. The third kappa shape index (κ3) is 6.50. The second-order valence-corrected chi connectivity index (χ2v) is 6.83. The van der Waals surface area contributed by atoms with Crippen LogP contribution in [-0.2, 0) is 18.4 Å². The first kappa shape index (κ1) is 23.4. The van der Waals surface area contributed by atoms with Crippen LogP contribution in [0, 0.1) is 5.92 Å². The molecule has 0 radical (unpaired) electrons. The summed E-state index contributed by atoms with van der Waals surface area (Å²) in [6.07, 6.45) is 3.87. The summed E-state index contributed by atoms with van der Waals surface area (Å²) in [6.45, 7) is 3.94. The van der Waals surface area contributed by atoms with Crippen LogP contribution in [0.5, 0.6) is 0 Å². The lowest BCUT2D eigenvalue weighted by Gasteiger charge is -2.20. The minimum Gasteiger partial charge on any atom is -0.355 e. The van der Waals surface area contributed by atoms with Crippen molar-refractivity contribution in [3.8, 4) is 0 Å². The van der Waals surface area contributed by atoms with Gasteiger partial charge in [0, 0.05) is 51.9 Å². The molecular formula is C19H29Cl2N5O. The minimum atomic E-state index is -0.0244. The van der Waals surface area contributed by atoms with Gasteiger partial charge in [0.25, 0.3) is 0 Å². The van der Waals surface area contributed by atoms with Crippen LogP contribution >= 0.6 is 24.8 Å². The molecule has 3 rings (SSSR count). The van der Waals surface area contributed by atoms with Gasteiger partial charge in [-0.05, 0) is 18.2 Å². The summed E-state index contributed by atoms with van der Waals surface area (Å²) in [6, 6.07) is 10.4. The van der Waals surface area contributed by atoms with Crippen LogP contribution in [-0.4, -0.2) is 53.8 Å². The summed E-state index contributed by atoms with van der Waals surface area (Å²) >= 11 is 0. The van der Waals surface area contributed by atoms with Gasteiger partial charge in [-0.2, -0.15) is 5.10 Å². The maximum absolute atomic E-state index is 12.6. The molecule has 1 fully saturated rings. The number of amides is 1. The molecule has 0 spiro atoms. The Balaban J connectivity index is 0.00000182. The molecule has 27 heavy (non-hydrogen) atoms. The van der Waals surface area contributed by atoms with Gasteiger partial charge in [-0.15, -0.1) is 24.8 Å². The molecule has 0 bridgehead atoms. The van der Waals surface area contributed by atoms with Gasteiger partial charge in [-0.3, -0.25) is 9.48 Å². The molecule has 2 N–H and O–H groups in total. The molecule has 0 unspecified atom stereocenters. The van der Waals surface area contributed by atoms with Gasteiger partial charge >= 0.3 is 0 Å². The maximum Gasteiger partial charge on any atom is 0.225 e. The first-order chi connectivity index (χ1) is 12.1. The van der Waals surface area contributed by atoms with E-state index in [9.17, 15) is 4.79 Å². The van der Waals surface area contributed by atoms with Gasteiger partial charge in [0.2, 0.25) is 5.91 Å². The number of likely N-dealkylation sites (N-methyl/N-ethyl adjacent to an activating group) is 1. The summed E-state index contributed by atoms with van der Waals surface area (Å²) in [4.78, 5) is 14.8. The summed E-state index contributed by atoms with van der Waals surface area (Å²) in [5.41, 5.74) is 2.42. The second kappa shape index (κ2) is 11.3. The molecule has 1 aromatic heterocycles. The number of hydrogen-bond acceptors (Lipinski definition) is 4. The molecule has 1 amide bonds. The highest BCUT2D eigenvalue weighted by Gasteiger charge is 2.34. The lowest BCUT2D eigenvalue weighted by molar-refractivity contribution is -0.124. The lowest BCUT2D eigenvalue weighted by atomic mass is 9.90. The molecule has 1 aromatic carbocycles. The molecule has 0 aliphatic carbocycles. The van der Waals surface area contributed by atoms with Crippen LogP contribution in [0.1, 0.15) is 17.0 Å². The zero-order valence-corrected chi connectivity index (χ0v) is 17.4. The fraction of sp³-hybridized carbons (Fsp3) is 0.474. The Bertz CT molecular complexity index is 694. The van der Waals surface area contributed by atoms with Crippen molar-refractivity contribution in [3.05, 3.63) is 53.9 Å². The van der Waals surface area contributed by atoms with Gasteiger partial charge in [-0.1, -0.05) is 30.3 Å². The Kier molecular flexibility index (Phi) is 9.80. The number of carbonyl (C=O) groups excluding carboxylic acids is 1. The molecule has 150 valence electrons. The summed E-state index contributed by atoms with van der Waals surface area (Å²) in [5, 5.41) is 10.7. The van der Waals surface area contributed by atoms with E-state index in [0.717, 1.165) is 31.7 Å². The Morgan fingerprint density at radius 2 is 2.04 bits per heavy atom. The highest BCUT2D eigenvalue weighted by molar-refractivity contribution is 5.85. The van der Waals surface area contributed by atoms with Crippen LogP contribution in [0.3, 0.4) is 0 Å². The molecule has 1 aliphatic heterocycles. The van der Waals surface area contributed by atoms with E-state index in [1.54, 1.807) is 4.68 Å². The predicted octanol–water partition coefficient (Wildman–Crippen LogP) is 1.81. The SMILES string of the molecule is CN(CCNC(=O)[C@H]1CNC[C@@H]1c1cnn(C)c1)Cc1ccccc1.Cl.Cl. The standard InChI is InChI=1S/C19H27N5O.2ClH/c1-23(13-15-6-4-3-5-7-15)9-8-21-19(25)18-12-20-11-17(18)16-10-22-24(2)14-16;;/h3-7,10,14,17-18,20H,8-9,11-13H2,1-2H3,(H,21,25);2*1H/t17-,18+;;/m1../s1. The van der Waals surface area contributed by atoms with E-state index in [2.05, 4.69) is 51.9 Å². The van der Waals surface area contributed by atoms with Crippen molar-refractivity contribution < 1.29 is 4.79 Å². The molecule has 6 nitrogen and oxygen atoms in total. The fourth-order valence-corrected chi connectivity index (χ4v) is 3.41. The van der Waals surface area contributed by atoms with Crippen LogP contribution < -0.4 is 10.6 Å². The van der Waals surface area contributed by atoms with Crippen molar-refractivity contribution in [2.75, 3.05) is 33.2 Å². The quantitative estimate of drug-likeness (QED) is 0.726. The molecule has 0 saturated carbocycles. The highest BCUT2D eigenvalue weighted by Crippen LogP contribution is 2.27. The van der Waals surface area contributed by atoms with Crippen LogP contribution in [0.4, 0.5) is 0 Å². The normalized spacial score (nSPS) is 18.6. The Morgan fingerprint density at radius 3 is 2.70 bits per heavy atom. The summed E-state index contributed by atoms with van der Waals surface area (Å²) < 4.78 is 1.79. The third-order valence-corrected chi connectivity index (χ3v) is 4.79. The number of hydrogen-bond donors (Lipinski definition) is 2. The van der Waals surface area contributed by atoms with Gasteiger partial charge in [0.1, 0.15) is 0 Å². The van der Waals surface area contributed by atoms with Gasteiger partial charge in [0.15, 0.2) is 0 Å². The average Bonchev–Trinajstić information content (AvgIpc) is 3.24. The van der Waals surface area contributed by atoms with E-state index in [1.807, 2.05) is 25.5 Å². The number of benzene rings is 1. The Hall–Kier alpha value is -1.60. The highest BCUT2D eigenvalue weighted by atomic mass is 35.5. The molecule has 2 atom stereocenters. The lowest BCUT2D eigenvalue weighted by Crippen LogP contribution is -2.38. The topological polar surface area (TPSA) is 62.2 Å². The summed E-state index contributed by atoms with van der Waals surface area (Å²) in [7, 11) is 3.98. The Labute approximate surface area is 173 Å². The van der Waals surface area contributed by atoms with Crippen LogP contribution in [0.25, 0.3) is 0 Å². The Morgan fingerprint density at radius 1 is 1.30 bits per heavy atom. The van der Waals surface area contributed by atoms with Gasteiger partial charge in [-0.25, -0.2) is 0 Å². The molecule has 2 heterocycles. The first-order valence-electron chi connectivity index (χ1n) is 8.83. The number of aryl methyl sites for hydroxylation is 1. The van der Waals surface area contributed by atoms with E-state index >= 15 is 0 Å². The smallest absolute Gasteiger partial charge is 0.225 e. The van der Waals surface area contributed by atoms with Crippen molar-refractivity contribution in [2.24, 2.45) is 13.0 Å². The van der Waals surface area contributed by atoms with E-state index in [-0.39, 0.29) is 42.6 Å². The van der Waals surface area contributed by atoms with E-state index < -0.39 is 0 Å². The van der Waals surface area contributed by atoms with Crippen molar-refractivity contribution in [2.45, 2.75) is 12.5 Å². The number of carbonyl (C=O) groups is 1. The van der Waals surface area contributed by atoms with Gasteiger partial charge < -0.3 is 15.5 Å². The summed E-state index contributed by atoms with van der Waals surface area (Å²) in [5.74, 6) is 0.311. The number of rotatable bonds is 7. The van der Waals surface area contributed by atoms with Crippen LogP contribution in [0.2, 0.25) is 0 Å². The number of aromatic nitrogens is 2. The van der Waals surface area contributed by atoms with Gasteiger partial charge in [0.05, 0.1) is 12.1 Å². The minimum absolute atomic E-state index is 0. The monoisotopic (exact) mass is 413 g/mol. The van der Waals surface area contributed by atoms with E-state index in [4.69, 9.17) is 0 Å². The first-order valence-corrected chi connectivity index (χ1v) is 8.83. The maximum atomic E-state index is 12.6. The molecular weight excluding hydrogens is 385 g/mol. The molecule has 8 heteroatoms. The van der Waals surface area contributed by atoms with E-state index in [0.29, 0.717) is 6.54 Å². The van der Waals surface area contributed by atoms with Crippen molar-refractivity contribution >= 4 is 30.7 Å². The fourth-order valence-electron chi connectivity index (χ4n) is 3.41. The third-order valence-electron chi connectivity index (χ3n) is 4.79. The average molecular weight is 414 g/mol. The number of nitrogens with zero attached hydrogens (tertiary/aromatic N) is 3. The molecule has 1 saturated heterocycles. The van der Waals surface area contributed by atoms with Crippen molar-refractivity contribution in [1.82, 2.24) is 25.3 Å². The second-order valence-electron chi connectivity index (χ2n) is 6.83. The van der Waals surface area contributed by atoms with Crippen molar-refractivity contribution in [1.29, 1.82) is 0 Å². The zero-order chi connectivity index (χ0) is 17.6. The largest absolute Gasteiger partial charge is 0.355 e. The number of halogens is 2. The van der Waals surface area contributed by atoms with E-state index in [1.165, 1.54) is 5.56 Å². The molecule has 2 aromatic rings. The van der Waals surface area contributed by atoms with Crippen molar-refractivity contribution in [3.63, 3.8) is 0 Å². The van der Waals surface area contributed by atoms with Crippen LogP contribution in [0.15, 0.2) is 42.7 Å². The predicted molar refractivity (Wildman–Crippen MR) is 113 cm³/mol. The molecule has 1 aliphatic rings.